The van der Waals surface area contributed by atoms with Crippen molar-refractivity contribution in [1.29, 1.82) is 0 Å². The third-order valence-corrected chi connectivity index (χ3v) is 5.21. The second kappa shape index (κ2) is 5.83. The fraction of sp³-hybridized carbons (Fsp3) is 0.500. The molecule has 2 aromatic rings. The van der Waals surface area contributed by atoms with Gasteiger partial charge in [0, 0.05) is 34.6 Å². The van der Waals surface area contributed by atoms with Crippen LogP contribution in [0.1, 0.15) is 70.0 Å². The van der Waals surface area contributed by atoms with Crippen LogP contribution in [0.25, 0.3) is 0 Å². The van der Waals surface area contributed by atoms with Crippen LogP contribution in [0.2, 0.25) is 0 Å². The van der Waals surface area contributed by atoms with Crippen molar-refractivity contribution in [2.24, 2.45) is 0 Å². The van der Waals surface area contributed by atoms with Gasteiger partial charge < -0.3 is 0 Å². The van der Waals surface area contributed by atoms with Gasteiger partial charge in [0.25, 0.3) is 0 Å². The fourth-order valence-corrected chi connectivity index (χ4v) is 2.59. The van der Waals surface area contributed by atoms with Crippen molar-refractivity contribution >= 4 is 0 Å². The van der Waals surface area contributed by atoms with Gasteiger partial charge in [0.1, 0.15) is 0 Å². The minimum absolute atomic E-state index is 0.104. The van der Waals surface area contributed by atoms with Crippen LogP contribution < -0.4 is 0 Å². The van der Waals surface area contributed by atoms with E-state index in [1.165, 1.54) is 11.1 Å². The van der Waals surface area contributed by atoms with Crippen molar-refractivity contribution in [2.45, 2.75) is 65.2 Å². The molecule has 0 bridgehead atoms. The number of nitrogens with zero attached hydrogens (tertiary/aromatic N) is 2. The summed E-state index contributed by atoms with van der Waals surface area (Å²) in [6.45, 7) is 15.5. The Labute approximate surface area is 135 Å². The number of rotatable bonds is 4. The lowest BCUT2D eigenvalue weighted by Gasteiger charge is -2.41. The van der Waals surface area contributed by atoms with Crippen molar-refractivity contribution in [3.05, 3.63) is 59.2 Å². The summed E-state index contributed by atoms with van der Waals surface area (Å²) in [4.78, 5) is 9.41. The van der Waals surface area contributed by atoms with E-state index in [1.54, 1.807) is 0 Å². The highest BCUT2D eigenvalue weighted by molar-refractivity contribution is 5.31. The topological polar surface area (TPSA) is 25.8 Å². The van der Waals surface area contributed by atoms with Crippen LogP contribution in [-0.2, 0) is 10.8 Å². The monoisotopic (exact) mass is 296 g/mol. The van der Waals surface area contributed by atoms with Gasteiger partial charge in [0.05, 0.1) is 0 Å². The van der Waals surface area contributed by atoms with Gasteiger partial charge in [-0.15, -0.1) is 0 Å². The molecule has 2 heterocycles. The molecule has 0 saturated carbocycles. The minimum atomic E-state index is -0.106. The number of hydrogen-bond acceptors (Lipinski definition) is 2. The Morgan fingerprint density at radius 1 is 0.773 bits per heavy atom. The molecule has 2 rings (SSSR count). The molecule has 0 radical (unpaired) electrons. The summed E-state index contributed by atoms with van der Waals surface area (Å²) in [7, 11) is 0. The Kier molecular flexibility index (Phi) is 4.42. The summed E-state index contributed by atoms with van der Waals surface area (Å²) >= 11 is 0. The Balaban J connectivity index is 2.40. The molecule has 0 aliphatic rings. The van der Waals surface area contributed by atoms with Crippen molar-refractivity contribution in [1.82, 2.24) is 9.97 Å². The Morgan fingerprint density at radius 3 is 1.64 bits per heavy atom. The lowest BCUT2D eigenvalue weighted by molar-refractivity contribution is 0.288. The number of hydrogen-bond donors (Lipinski definition) is 0. The van der Waals surface area contributed by atoms with Crippen molar-refractivity contribution in [2.75, 3.05) is 0 Å². The molecular weight excluding hydrogens is 268 g/mol. The second-order valence-electron chi connectivity index (χ2n) is 7.60. The van der Waals surface area contributed by atoms with E-state index >= 15 is 0 Å². The summed E-state index contributed by atoms with van der Waals surface area (Å²) < 4.78 is 0. The largest absolute Gasteiger partial charge is 0.260 e. The lowest BCUT2D eigenvalue weighted by atomic mass is 9.64. The Hall–Kier alpha value is -1.70. The van der Waals surface area contributed by atoms with Gasteiger partial charge in [-0.1, -0.05) is 53.7 Å². The molecule has 0 N–H and O–H groups in total. The molecule has 2 nitrogen and oxygen atoms in total. The van der Waals surface area contributed by atoms with Gasteiger partial charge >= 0.3 is 0 Å². The van der Waals surface area contributed by atoms with Crippen LogP contribution in [0.15, 0.2) is 36.7 Å². The lowest BCUT2D eigenvalue weighted by Crippen LogP contribution is -2.41. The molecule has 0 aromatic carbocycles. The summed E-state index contributed by atoms with van der Waals surface area (Å²) in [6, 6.07) is 8.65. The van der Waals surface area contributed by atoms with E-state index in [2.05, 4.69) is 77.7 Å². The molecule has 0 atom stereocenters. The Morgan fingerprint density at radius 2 is 1.27 bits per heavy atom. The molecule has 2 aromatic heterocycles. The van der Waals surface area contributed by atoms with Crippen LogP contribution in [0.3, 0.4) is 0 Å². The molecule has 118 valence electrons. The summed E-state index contributed by atoms with van der Waals surface area (Å²) in [5.74, 6) is 0.511. The van der Waals surface area contributed by atoms with E-state index < -0.39 is 0 Å². The van der Waals surface area contributed by atoms with E-state index in [1.807, 2.05) is 12.4 Å². The zero-order valence-electron chi connectivity index (χ0n) is 14.9. The summed E-state index contributed by atoms with van der Waals surface area (Å²) in [5.41, 5.74) is 4.49. The quantitative estimate of drug-likeness (QED) is 0.778. The normalized spacial score (nSPS) is 12.7. The zero-order chi connectivity index (χ0) is 16.5. The number of aromatic nitrogens is 2. The first-order chi connectivity index (χ1) is 10.2. The third-order valence-electron chi connectivity index (χ3n) is 5.21. The number of pyridine rings is 2. The molecule has 0 saturated heterocycles. The van der Waals surface area contributed by atoms with E-state index in [9.17, 15) is 0 Å². The van der Waals surface area contributed by atoms with E-state index in [0.717, 1.165) is 11.4 Å². The molecule has 0 amide bonds. The van der Waals surface area contributed by atoms with Gasteiger partial charge in [0.2, 0.25) is 0 Å². The molecule has 22 heavy (non-hydrogen) atoms. The maximum absolute atomic E-state index is 4.75. The number of aryl methyl sites for hydroxylation is 1. The second-order valence-corrected chi connectivity index (χ2v) is 7.60. The average molecular weight is 296 g/mol. The molecule has 0 unspecified atom stereocenters. The van der Waals surface area contributed by atoms with Crippen LogP contribution in [-0.4, -0.2) is 9.97 Å². The van der Waals surface area contributed by atoms with Crippen molar-refractivity contribution < 1.29 is 0 Å². The highest BCUT2D eigenvalue weighted by atomic mass is 14.8. The molecule has 2 heteroatoms. The van der Waals surface area contributed by atoms with Gasteiger partial charge in [-0.3, -0.25) is 9.97 Å². The van der Waals surface area contributed by atoms with Crippen LogP contribution >= 0.6 is 0 Å². The van der Waals surface area contributed by atoms with Crippen LogP contribution in [0, 0.1) is 6.92 Å². The first-order valence-corrected chi connectivity index (χ1v) is 8.06. The van der Waals surface area contributed by atoms with Gasteiger partial charge in [-0.25, -0.2) is 0 Å². The van der Waals surface area contributed by atoms with Crippen LogP contribution in [0.4, 0.5) is 0 Å². The SMILES string of the molecule is Cc1ccc(C(C)(C)C(C)(C)c2ccc(C(C)C)cn2)nc1. The van der Waals surface area contributed by atoms with Crippen LogP contribution in [0.5, 0.6) is 0 Å². The maximum Gasteiger partial charge on any atom is 0.0469 e. The zero-order valence-corrected chi connectivity index (χ0v) is 14.9. The molecule has 0 aliphatic carbocycles. The molecule has 0 fully saturated rings. The van der Waals surface area contributed by atoms with Crippen molar-refractivity contribution in [3.63, 3.8) is 0 Å². The maximum atomic E-state index is 4.75. The molecule has 0 aliphatic heterocycles. The smallest absolute Gasteiger partial charge is 0.0469 e. The minimum Gasteiger partial charge on any atom is -0.260 e. The van der Waals surface area contributed by atoms with Gasteiger partial charge in [-0.2, -0.15) is 0 Å². The van der Waals surface area contributed by atoms with Crippen molar-refractivity contribution in [3.8, 4) is 0 Å². The highest BCUT2D eigenvalue weighted by Gasteiger charge is 2.41. The van der Waals surface area contributed by atoms with Gasteiger partial charge in [-0.05, 0) is 36.1 Å². The van der Waals surface area contributed by atoms with E-state index in [-0.39, 0.29) is 10.8 Å². The Bertz CT molecular complexity index is 620. The molecule has 0 spiro atoms. The predicted octanol–water partition coefficient (Wildman–Crippen LogP) is 5.16. The first kappa shape index (κ1) is 16.7. The highest BCUT2D eigenvalue weighted by Crippen LogP contribution is 2.42. The molecular formula is C20H28N2. The summed E-state index contributed by atoms with van der Waals surface area (Å²) in [6.07, 6.45) is 3.96. The average Bonchev–Trinajstić information content (AvgIpc) is 2.47. The summed E-state index contributed by atoms with van der Waals surface area (Å²) in [5, 5.41) is 0. The van der Waals surface area contributed by atoms with E-state index in [4.69, 9.17) is 4.98 Å². The van der Waals surface area contributed by atoms with Gasteiger partial charge in [0.15, 0.2) is 0 Å². The fourth-order valence-electron chi connectivity index (χ4n) is 2.59. The third kappa shape index (κ3) is 2.92. The predicted molar refractivity (Wildman–Crippen MR) is 93.4 cm³/mol. The first-order valence-electron chi connectivity index (χ1n) is 8.06. The standard InChI is InChI=1S/C20H28N2/c1-14(2)16-9-11-18(22-13-16)20(6,7)19(4,5)17-10-8-15(3)12-21-17/h8-14H,1-7H3. The van der Waals surface area contributed by atoms with E-state index in [0.29, 0.717) is 5.92 Å².